The summed E-state index contributed by atoms with van der Waals surface area (Å²) in [5, 5.41) is 16.5. The number of nitrogens with zero attached hydrogens (tertiary/aromatic N) is 3. The molecule has 0 aliphatic rings. The van der Waals surface area contributed by atoms with Gasteiger partial charge in [-0.15, -0.1) is 5.10 Å². The first kappa shape index (κ1) is 13.3. The molecule has 0 bridgehead atoms. The van der Waals surface area contributed by atoms with E-state index in [4.69, 9.17) is 5.11 Å². The Labute approximate surface area is 111 Å². The third-order valence-corrected chi connectivity index (χ3v) is 2.95. The summed E-state index contributed by atoms with van der Waals surface area (Å²) >= 11 is 0. The molecule has 1 heterocycles. The first-order valence-electron chi connectivity index (χ1n) is 6.41. The standard InChI is InChI=1S/C14H17N3O2/c1-2-3-4-11-5-7-12(8-6-11)17-13(9-14(18)19)10-15-16-17/h5-8,10H,2-4,9H2,1H3,(H,18,19). The van der Waals surface area contributed by atoms with E-state index in [0.29, 0.717) is 5.69 Å². The van der Waals surface area contributed by atoms with Crippen LogP contribution in [0.15, 0.2) is 30.5 Å². The van der Waals surface area contributed by atoms with E-state index in [-0.39, 0.29) is 6.42 Å². The second-order valence-electron chi connectivity index (χ2n) is 4.48. The van der Waals surface area contributed by atoms with E-state index >= 15 is 0 Å². The summed E-state index contributed by atoms with van der Waals surface area (Å²) in [5.41, 5.74) is 2.70. The third kappa shape index (κ3) is 3.40. The maximum atomic E-state index is 10.8. The molecule has 0 saturated carbocycles. The van der Waals surface area contributed by atoms with E-state index in [1.807, 2.05) is 12.1 Å². The Kier molecular flexibility index (Phi) is 4.28. The fraction of sp³-hybridized carbons (Fsp3) is 0.357. The Morgan fingerprint density at radius 1 is 1.32 bits per heavy atom. The number of rotatable bonds is 6. The van der Waals surface area contributed by atoms with Gasteiger partial charge in [-0.2, -0.15) is 0 Å². The Hall–Kier alpha value is -2.17. The van der Waals surface area contributed by atoms with Gasteiger partial charge >= 0.3 is 5.97 Å². The van der Waals surface area contributed by atoms with Crippen molar-refractivity contribution in [1.82, 2.24) is 15.0 Å². The highest BCUT2D eigenvalue weighted by Gasteiger charge is 2.09. The van der Waals surface area contributed by atoms with Crippen molar-refractivity contribution in [2.24, 2.45) is 0 Å². The number of aryl methyl sites for hydroxylation is 1. The van der Waals surface area contributed by atoms with Crippen LogP contribution in [0, 0.1) is 0 Å². The first-order valence-corrected chi connectivity index (χ1v) is 6.41. The van der Waals surface area contributed by atoms with Crippen LogP contribution >= 0.6 is 0 Å². The monoisotopic (exact) mass is 259 g/mol. The van der Waals surface area contributed by atoms with Crippen molar-refractivity contribution in [3.63, 3.8) is 0 Å². The molecule has 1 aromatic heterocycles. The molecule has 0 atom stereocenters. The molecule has 0 spiro atoms. The lowest BCUT2D eigenvalue weighted by atomic mass is 10.1. The van der Waals surface area contributed by atoms with E-state index < -0.39 is 5.97 Å². The quantitative estimate of drug-likeness (QED) is 0.863. The van der Waals surface area contributed by atoms with Crippen molar-refractivity contribution in [2.75, 3.05) is 0 Å². The fourth-order valence-corrected chi connectivity index (χ4v) is 1.93. The molecule has 1 aromatic carbocycles. The van der Waals surface area contributed by atoms with Crippen molar-refractivity contribution in [3.8, 4) is 5.69 Å². The van der Waals surface area contributed by atoms with Crippen LogP contribution in [0.1, 0.15) is 31.0 Å². The number of hydrogen-bond donors (Lipinski definition) is 1. The lowest BCUT2D eigenvalue weighted by Gasteiger charge is -2.06. The number of aliphatic carboxylic acids is 1. The van der Waals surface area contributed by atoms with E-state index in [1.54, 1.807) is 4.68 Å². The molecule has 5 nitrogen and oxygen atoms in total. The van der Waals surface area contributed by atoms with E-state index in [9.17, 15) is 4.79 Å². The molecule has 19 heavy (non-hydrogen) atoms. The lowest BCUT2D eigenvalue weighted by molar-refractivity contribution is -0.136. The Morgan fingerprint density at radius 2 is 2.05 bits per heavy atom. The maximum absolute atomic E-state index is 10.8. The fourth-order valence-electron chi connectivity index (χ4n) is 1.93. The van der Waals surface area contributed by atoms with Crippen molar-refractivity contribution >= 4 is 5.97 Å². The van der Waals surface area contributed by atoms with Crippen molar-refractivity contribution in [3.05, 3.63) is 41.7 Å². The van der Waals surface area contributed by atoms with Crippen molar-refractivity contribution < 1.29 is 9.90 Å². The zero-order chi connectivity index (χ0) is 13.7. The summed E-state index contributed by atoms with van der Waals surface area (Å²) in [6.45, 7) is 2.17. The average molecular weight is 259 g/mol. The van der Waals surface area contributed by atoms with Crippen LogP contribution in [-0.2, 0) is 17.6 Å². The number of carboxylic acid groups (broad SMARTS) is 1. The van der Waals surface area contributed by atoms with Crippen molar-refractivity contribution in [1.29, 1.82) is 0 Å². The molecular formula is C14H17N3O2. The topological polar surface area (TPSA) is 68.0 Å². The Morgan fingerprint density at radius 3 is 2.68 bits per heavy atom. The Bertz CT molecular complexity index is 546. The van der Waals surface area contributed by atoms with Gasteiger partial charge in [0.05, 0.1) is 24.0 Å². The molecule has 5 heteroatoms. The molecule has 1 N–H and O–H groups in total. The van der Waals surface area contributed by atoms with Gasteiger partial charge in [0.15, 0.2) is 0 Å². The number of carbonyl (C=O) groups is 1. The van der Waals surface area contributed by atoms with Gasteiger partial charge in [0, 0.05) is 0 Å². The van der Waals surface area contributed by atoms with E-state index in [1.165, 1.54) is 24.6 Å². The summed E-state index contributed by atoms with van der Waals surface area (Å²) in [6, 6.07) is 8.00. The Balaban J connectivity index is 2.18. The number of carboxylic acids is 1. The van der Waals surface area contributed by atoms with Gasteiger partial charge in [0.1, 0.15) is 0 Å². The van der Waals surface area contributed by atoms with Gasteiger partial charge in [-0.3, -0.25) is 4.79 Å². The molecule has 2 rings (SSSR count). The van der Waals surface area contributed by atoms with Gasteiger partial charge in [-0.25, -0.2) is 4.68 Å². The molecule has 0 saturated heterocycles. The lowest BCUT2D eigenvalue weighted by Crippen LogP contribution is -2.08. The normalized spacial score (nSPS) is 10.6. The SMILES string of the molecule is CCCCc1ccc(-n2nncc2CC(=O)O)cc1. The predicted octanol–water partition coefficient (Wildman–Crippen LogP) is 2.24. The average Bonchev–Trinajstić information content (AvgIpc) is 2.84. The van der Waals surface area contributed by atoms with Gasteiger partial charge in [-0.1, -0.05) is 30.7 Å². The minimum Gasteiger partial charge on any atom is -0.481 e. The minimum absolute atomic E-state index is 0.0788. The third-order valence-electron chi connectivity index (χ3n) is 2.95. The summed E-state index contributed by atoms with van der Waals surface area (Å²) < 4.78 is 1.57. The highest BCUT2D eigenvalue weighted by Crippen LogP contribution is 2.13. The van der Waals surface area contributed by atoms with Crippen LogP contribution in [0.4, 0.5) is 0 Å². The molecular weight excluding hydrogens is 242 g/mol. The van der Waals surface area contributed by atoms with Crippen LogP contribution in [0.3, 0.4) is 0 Å². The van der Waals surface area contributed by atoms with Crippen LogP contribution in [0.25, 0.3) is 5.69 Å². The largest absolute Gasteiger partial charge is 0.481 e. The first-order chi connectivity index (χ1) is 9.20. The smallest absolute Gasteiger partial charge is 0.309 e. The maximum Gasteiger partial charge on any atom is 0.309 e. The molecule has 0 amide bonds. The number of hydrogen-bond acceptors (Lipinski definition) is 3. The summed E-state index contributed by atoms with van der Waals surface area (Å²) in [5.74, 6) is -0.886. The zero-order valence-electron chi connectivity index (χ0n) is 10.9. The molecule has 2 aromatic rings. The van der Waals surface area contributed by atoms with Gasteiger partial charge in [0.25, 0.3) is 0 Å². The van der Waals surface area contributed by atoms with Gasteiger partial charge in [-0.05, 0) is 30.5 Å². The molecule has 0 unspecified atom stereocenters. The molecule has 0 radical (unpaired) electrons. The predicted molar refractivity (Wildman–Crippen MR) is 71.3 cm³/mol. The highest BCUT2D eigenvalue weighted by molar-refractivity contribution is 5.69. The van der Waals surface area contributed by atoms with Gasteiger partial charge < -0.3 is 5.11 Å². The van der Waals surface area contributed by atoms with E-state index in [0.717, 1.165) is 12.1 Å². The summed E-state index contributed by atoms with van der Waals surface area (Å²) in [6.07, 6.45) is 4.82. The summed E-state index contributed by atoms with van der Waals surface area (Å²) in [7, 11) is 0. The zero-order valence-corrected chi connectivity index (χ0v) is 10.9. The second-order valence-corrected chi connectivity index (χ2v) is 4.48. The van der Waals surface area contributed by atoms with Crippen LogP contribution in [-0.4, -0.2) is 26.1 Å². The van der Waals surface area contributed by atoms with E-state index in [2.05, 4.69) is 29.4 Å². The minimum atomic E-state index is -0.886. The van der Waals surface area contributed by atoms with Crippen LogP contribution in [0.5, 0.6) is 0 Å². The van der Waals surface area contributed by atoms with Crippen molar-refractivity contribution in [2.45, 2.75) is 32.6 Å². The van der Waals surface area contributed by atoms with Gasteiger partial charge in [0.2, 0.25) is 0 Å². The number of benzene rings is 1. The molecule has 0 aliphatic carbocycles. The number of aromatic nitrogens is 3. The molecule has 100 valence electrons. The number of unbranched alkanes of at least 4 members (excludes halogenated alkanes) is 1. The highest BCUT2D eigenvalue weighted by atomic mass is 16.4. The second kappa shape index (κ2) is 6.13. The van der Waals surface area contributed by atoms with Crippen LogP contribution < -0.4 is 0 Å². The summed E-state index contributed by atoms with van der Waals surface area (Å²) in [4.78, 5) is 10.8. The molecule has 0 fully saturated rings. The van der Waals surface area contributed by atoms with Crippen LogP contribution in [0.2, 0.25) is 0 Å². The molecule has 0 aliphatic heterocycles.